The summed E-state index contributed by atoms with van der Waals surface area (Å²) in [5, 5.41) is 6.59. The Morgan fingerprint density at radius 2 is 2.23 bits per heavy atom. The van der Waals surface area contributed by atoms with Crippen LogP contribution in [-0.4, -0.2) is 52.3 Å². The molecule has 2 N–H and O–H groups in total. The van der Waals surface area contributed by atoms with Gasteiger partial charge in [0.15, 0.2) is 17.5 Å². The number of rotatable bonds is 7. The van der Waals surface area contributed by atoms with Gasteiger partial charge in [-0.05, 0) is 46.5 Å². The summed E-state index contributed by atoms with van der Waals surface area (Å²) in [6.07, 6.45) is 2.19. The fraction of sp³-hybridized carbons (Fsp3) is 0.588. The molecule has 0 spiro atoms. The molecule has 0 bridgehead atoms. The standard InChI is InChI=1S/C17H24BrN3O4.HI/c1-19-17(20-4-2-5-23-13-3-6-22-10-13)21-9-12-7-14(18)16-15(8-12)24-11-25-16;/h7-8,13H,2-6,9-11H2,1H3,(H2,19,20,21);1H. The van der Waals surface area contributed by atoms with Gasteiger partial charge in [-0.2, -0.15) is 0 Å². The van der Waals surface area contributed by atoms with Crippen LogP contribution in [0.4, 0.5) is 0 Å². The van der Waals surface area contributed by atoms with E-state index in [0.717, 1.165) is 66.7 Å². The average Bonchev–Trinajstić information content (AvgIpc) is 3.29. The zero-order valence-electron chi connectivity index (χ0n) is 14.8. The van der Waals surface area contributed by atoms with Crippen molar-refractivity contribution in [2.75, 3.05) is 40.2 Å². The highest BCUT2D eigenvalue weighted by Crippen LogP contribution is 2.39. The van der Waals surface area contributed by atoms with Crippen LogP contribution in [0.25, 0.3) is 0 Å². The molecule has 2 heterocycles. The van der Waals surface area contributed by atoms with Crippen molar-refractivity contribution < 1.29 is 18.9 Å². The van der Waals surface area contributed by atoms with E-state index in [1.54, 1.807) is 7.05 Å². The number of nitrogens with zero attached hydrogens (tertiary/aromatic N) is 1. The van der Waals surface area contributed by atoms with E-state index in [2.05, 4.69) is 31.6 Å². The summed E-state index contributed by atoms with van der Waals surface area (Å²) in [4.78, 5) is 4.24. The topological polar surface area (TPSA) is 73.3 Å². The first-order valence-electron chi connectivity index (χ1n) is 8.48. The number of guanidine groups is 1. The van der Waals surface area contributed by atoms with Crippen LogP contribution in [0.1, 0.15) is 18.4 Å². The molecule has 0 saturated carbocycles. The van der Waals surface area contributed by atoms with Crippen molar-refractivity contribution in [2.45, 2.75) is 25.5 Å². The molecule has 0 amide bonds. The van der Waals surface area contributed by atoms with Gasteiger partial charge in [0.2, 0.25) is 6.79 Å². The largest absolute Gasteiger partial charge is 0.454 e. The van der Waals surface area contributed by atoms with Crippen molar-refractivity contribution in [3.63, 3.8) is 0 Å². The molecule has 2 aliphatic rings. The van der Waals surface area contributed by atoms with Crippen LogP contribution >= 0.6 is 39.9 Å². The Morgan fingerprint density at radius 1 is 1.35 bits per heavy atom. The van der Waals surface area contributed by atoms with Gasteiger partial charge >= 0.3 is 0 Å². The predicted molar refractivity (Wildman–Crippen MR) is 114 cm³/mol. The van der Waals surface area contributed by atoms with Gasteiger partial charge in [-0.15, -0.1) is 24.0 Å². The number of aliphatic imine (C=N–C) groups is 1. The van der Waals surface area contributed by atoms with E-state index < -0.39 is 0 Å². The molecule has 1 aromatic carbocycles. The Hall–Kier alpha value is -0.780. The second-order valence-corrected chi connectivity index (χ2v) is 6.73. The first kappa shape index (κ1) is 21.5. The Bertz CT molecular complexity index is 612. The Balaban J connectivity index is 0.00000243. The van der Waals surface area contributed by atoms with Gasteiger partial charge in [-0.3, -0.25) is 4.99 Å². The molecule has 1 fully saturated rings. The molecule has 7 nitrogen and oxygen atoms in total. The smallest absolute Gasteiger partial charge is 0.231 e. The molecule has 1 atom stereocenters. The van der Waals surface area contributed by atoms with E-state index in [4.69, 9.17) is 18.9 Å². The van der Waals surface area contributed by atoms with Gasteiger partial charge in [0.1, 0.15) is 0 Å². The predicted octanol–water partition coefficient (Wildman–Crippen LogP) is 2.66. The van der Waals surface area contributed by atoms with E-state index >= 15 is 0 Å². The van der Waals surface area contributed by atoms with Gasteiger partial charge in [-0.25, -0.2) is 0 Å². The number of fused-ring (bicyclic) bond motifs is 1. The molecule has 1 saturated heterocycles. The van der Waals surface area contributed by atoms with Crippen molar-refractivity contribution in [1.29, 1.82) is 0 Å². The minimum Gasteiger partial charge on any atom is -0.454 e. The molecular formula is C17H25BrIN3O4. The third-order valence-corrected chi connectivity index (χ3v) is 4.61. The number of ether oxygens (including phenoxy) is 4. The van der Waals surface area contributed by atoms with E-state index in [9.17, 15) is 0 Å². The molecule has 1 unspecified atom stereocenters. The number of nitrogens with one attached hydrogen (secondary N) is 2. The highest BCUT2D eigenvalue weighted by atomic mass is 127. The number of benzene rings is 1. The minimum atomic E-state index is 0. The van der Waals surface area contributed by atoms with Crippen LogP contribution in [0.2, 0.25) is 0 Å². The fourth-order valence-electron chi connectivity index (χ4n) is 2.70. The van der Waals surface area contributed by atoms with E-state index in [1.165, 1.54) is 0 Å². The van der Waals surface area contributed by atoms with Gasteiger partial charge in [0.25, 0.3) is 0 Å². The molecule has 2 aliphatic heterocycles. The maximum Gasteiger partial charge on any atom is 0.231 e. The van der Waals surface area contributed by atoms with Crippen molar-refractivity contribution in [3.05, 3.63) is 22.2 Å². The van der Waals surface area contributed by atoms with Gasteiger partial charge < -0.3 is 29.6 Å². The normalized spacial score (nSPS) is 18.5. The van der Waals surface area contributed by atoms with Crippen molar-refractivity contribution in [3.8, 4) is 11.5 Å². The summed E-state index contributed by atoms with van der Waals surface area (Å²) in [7, 11) is 1.76. The number of halogens is 2. The van der Waals surface area contributed by atoms with E-state index in [0.29, 0.717) is 6.54 Å². The molecule has 3 rings (SSSR count). The number of hydrogen-bond acceptors (Lipinski definition) is 5. The summed E-state index contributed by atoms with van der Waals surface area (Å²) in [5.41, 5.74) is 1.09. The molecule has 0 aliphatic carbocycles. The summed E-state index contributed by atoms with van der Waals surface area (Å²) in [5.74, 6) is 2.29. The van der Waals surface area contributed by atoms with E-state index in [1.807, 2.05) is 12.1 Å². The lowest BCUT2D eigenvalue weighted by Crippen LogP contribution is -2.37. The van der Waals surface area contributed by atoms with Crippen LogP contribution in [0, 0.1) is 0 Å². The Morgan fingerprint density at radius 3 is 3.00 bits per heavy atom. The average molecular weight is 542 g/mol. The van der Waals surface area contributed by atoms with Crippen molar-refractivity contribution >= 4 is 45.9 Å². The quantitative estimate of drug-likeness (QED) is 0.239. The summed E-state index contributed by atoms with van der Waals surface area (Å²) >= 11 is 3.51. The number of hydrogen-bond donors (Lipinski definition) is 2. The minimum absolute atomic E-state index is 0. The highest BCUT2D eigenvalue weighted by molar-refractivity contribution is 14.0. The molecule has 26 heavy (non-hydrogen) atoms. The van der Waals surface area contributed by atoms with Gasteiger partial charge in [0.05, 0.1) is 17.2 Å². The fourth-order valence-corrected chi connectivity index (χ4v) is 3.31. The summed E-state index contributed by atoms with van der Waals surface area (Å²) in [6, 6.07) is 4.00. The maximum absolute atomic E-state index is 5.75. The monoisotopic (exact) mass is 541 g/mol. The van der Waals surface area contributed by atoms with Crippen LogP contribution in [-0.2, 0) is 16.0 Å². The van der Waals surface area contributed by atoms with Gasteiger partial charge in [0, 0.05) is 33.4 Å². The van der Waals surface area contributed by atoms with Crippen LogP contribution < -0.4 is 20.1 Å². The molecule has 146 valence electrons. The molecule has 0 radical (unpaired) electrons. The van der Waals surface area contributed by atoms with E-state index in [-0.39, 0.29) is 36.9 Å². The third-order valence-electron chi connectivity index (χ3n) is 4.03. The second kappa shape index (κ2) is 11.2. The van der Waals surface area contributed by atoms with Gasteiger partial charge in [-0.1, -0.05) is 0 Å². The SMILES string of the molecule is CN=C(NCCCOC1CCOC1)NCc1cc(Br)c2c(c1)OCO2.I. The lowest BCUT2D eigenvalue weighted by atomic mass is 10.2. The van der Waals surface area contributed by atoms with Crippen LogP contribution in [0.5, 0.6) is 11.5 Å². The zero-order chi connectivity index (χ0) is 17.5. The highest BCUT2D eigenvalue weighted by Gasteiger charge is 2.18. The zero-order valence-corrected chi connectivity index (χ0v) is 18.7. The molecule has 9 heteroatoms. The second-order valence-electron chi connectivity index (χ2n) is 5.87. The first-order valence-corrected chi connectivity index (χ1v) is 9.27. The first-order chi connectivity index (χ1) is 12.3. The summed E-state index contributed by atoms with van der Waals surface area (Å²) in [6.45, 7) is 3.98. The van der Waals surface area contributed by atoms with Crippen molar-refractivity contribution in [2.24, 2.45) is 4.99 Å². The molecule has 1 aromatic rings. The lowest BCUT2D eigenvalue weighted by molar-refractivity contribution is 0.0420. The Labute approximate surface area is 179 Å². The van der Waals surface area contributed by atoms with Crippen LogP contribution in [0.15, 0.2) is 21.6 Å². The third kappa shape index (κ3) is 6.14. The van der Waals surface area contributed by atoms with Crippen LogP contribution in [0.3, 0.4) is 0 Å². The lowest BCUT2D eigenvalue weighted by Gasteiger charge is -2.13. The molecule has 0 aromatic heterocycles. The summed E-state index contributed by atoms with van der Waals surface area (Å²) < 4.78 is 22.8. The van der Waals surface area contributed by atoms with Crippen molar-refractivity contribution in [1.82, 2.24) is 10.6 Å². The maximum atomic E-state index is 5.75. The molecular weight excluding hydrogens is 517 g/mol. The Kier molecular flexibility index (Phi) is 9.23.